The third-order valence-electron chi connectivity index (χ3n) is 3.72. The molecule has 0 atom stereocenters. The van der Waals surface area contributed by atoms with Crippen molar-refractivity contribution in [2.24, 2.45) is 0 Å². The highest BCUT2D eigenvalue weighted by Crippen LogP contribution is 2.15. The highest BCUT2D eigenvalue weighted by Gasteiger charge is 2.14. The largest absolute Gasteiger partial charge is 0.465 e. The van der Waals surface area contributed by atoms with Crippen LogP contribution in [0.2, 0.25) is 0 Å². The molecule has 0 aliphatic heterocycles. The number of pyridine rings is 2. The van der Waals surface area contributed by atoms with Crippen LogP contribution in [0, 0.1) is 5.82 Å². The molecule has 0 fully saturated rings. The van der Waals surface area contributed by atoms with E-state index in [1.165, 1.54) is 31.5 Å². The Kier molecular flexibility index (Phi) is 5.03. The average Bonchev–Trinajstić information content (AvgIpc) is 2.67. The molecule has 5 nitrogen and oxygen atoms in total. The van der Waals surface area contributed by atoms with Crippen LogP contribution >= 0.6 is 0 Å². The van der Waals surface area contributed by atoms with Crippen LogP contribution in [0.5, 0.6) is 0 Å². The molecule has 0 aliphatic rings. The van der Waals surface area contributed by atoms with Gasteiger partial charge in [-0.15, -0.1) is 0 Å². The molecule has 0 saturated heterocycles. The van der Waals surface area contributed by atoms with E-state index in [-0.39, 0.29) is 11.4 Å². The van der Waals surface area contributed by atoms with Crippen molar-refractivity contribution in [3.05, 3.63) is 93.9 Å². The molecule has 0 saturated carbocycles. The van der Waals surface area contributed by atoms with Crippen LogP contribution in [-0.2, 0) is 4.74 Å². The summed E-state index contributed by atoms with van der Waals surface area (Å²) in [6.07, 6.45) is 8.25. The maximum Gasteiger partial charge on any atom is 0.343 e. The maximum atomic E-state index is 13.2. The van der Waals surface area contributed by atoms with Crippen LogP contribution in [0.25, 0.3) is 17.8 Å². The fourth-order valence-corrected chi connectivity index (χ4v) is 2.42. The second kappa shape index (κ2) is 7.57. The second-order valence-corrected chi connectivity index (χ2v) is 5.43. The number of esters is 1. The van der Waals surface area contributed by atoms with Gasteiger partial charge in [-0.1, -0.05) is 12.1 Å². The van der Waals surface area contributed by atoms with Gasteiger partial charge in [0, 0.05) is 36.0 Å². The van der Waals surface area contributed by atoms with E-state index < -0.39 is 11.4 Å². The zero-order chi connectivity index (χ0) is 18.5. The number of nitrogens with zero attached hydrogens (tertiary/aromatic N) is 2. The third-order valence-corrected chi connectivity index (χ3v) is 3.72. The highest BCUT2D eigenvalue weighted by atomic mass is 19.1. The van der Waals surface area contributed by atoms with Gasteiger partial charge in [-0.25, -0.2) is 9.18 Å². The summed E-state index contributed by atoms with van der Waals surface area (Å²) < 4.78 is 19.5. The van der Waals surface area contributed by atoms with Gasteiger partial charge in [0.05, 0.1) is 7.11 Å². The summed E-state index contributed by atoms with van der Waals surface area (Å²) in [5.74, 6) is -1.11. The van der Waals surface area contributed by atoms with Crippen molar-refractivity contribution >= 4 is 18.1 Å². The molecule has 6 heteroatoms. The topological polar surface area (TPSA) is 61.2 Å². The number of methoxy groups -OCH3 is 1. The van der Waals surface area contributed by atoms with Gasteiger partial charge in [0.15, 0.2) is 5.43 Å². The van der Waals surface area contributed by atoms with Gasteiger partial charge in [0.25, 0.3) is 0 Å². The van der Waals surface area contributed by atoms with Crippen molar-refractivity contribution in [3.63, 3.8) is 0 Å². The number of benzene rings is 1. The van der Waals surface area contributed by atoms with E-state index in [1.807, 2.05) is 6.07 Å². The molecule has 26 heavy (non-hydrogen) atoms. The lowest BCUT2D eigenvalue weighted by atomic mass is 10.1. The molecule has 0 radical (unpaired) electrons. The van der Waals surface area contributed by atoms with Gasteiger partial charge < -0.3 is 9.30 Å². The Bertz CT molecular complexity index is 1010. The molecule has 1 aromatic carbocycles. The first-order valence-corrected chi connectivity index (χ1v) is 7.77. The molecule has 0 unspecified atom stereocenters. The number of carbonyl (C=O) groups is 1. The molecule has 2 heterocycles. The first-order chi connectivity index (χ1) is 12.6. The molecule has 0 aliphatic carbocycles. The van der Waals surface area contributed by atoms with E-state index in [2.05, 4.69) is 9.72 Å². The molecule has 3 aromatic rings. The number of hydrogen-bond acceptors (Lipinski definition) is 4. The summed E-state index contributed by atoms with van der Waals surface area (Å²) in [6.45, 7) is 0. The van der Waals surface area contributed by atoms with Crippen LogP contribution in [0.3, 0.4) is 0 Å². The Morgan fingerprint density at radius 2 is 1.96 bits per heavy atom. The van der Waals surface area contributed by atoms with E-state index in [1.54, 1.807) is 47.3 Å². The zero-order valence-corrected chi connectivity index (χ0v) is 13.9. The Labute approximate surface area is 149 Å². The minimum atomic E-state index is -0.728. The Balaban J connectivity index is 2.14. The quantitative estimate of drug-likeness (QED) is 0.677. The number of ether oxygens (including phenoxy) is 1. The van der Waals surface area contributed by atoms with Crippen molar-refractivity contribution in [1.82, 2.24) is 9.55 Å². The maximum absolute atomic E-state index is 13.2. The summed E-state index contributed by atoms with van der Waals surface area (Å²) in [4.78, 5) is 28.1. The molecular formula is C20H15FN2O3. The number of halogens is 1. The van der Waals surface area contributed by atoms with Crippen LogP contribution in [0.4, 0.5) is 4.39 Å². The van der Waals surface area contributed by atoms with Gasteiger partial charge in [-0.3, -0.25) is 9.78 Å². The smallest absolute Gasteiger partial charge is 0.343 e. The first-order valence-electron chi connectivity index (χ1n) is 7.77. The number of hydrogen-bond donors (Lipinski definition) is 0. The molecule has 0 bridgehead atoms. The molecule has 130 valence electrons. The van der Waals surface area contributed by atoms with Gasteiger partial charge in [-0.2, -0.15) is 0 Å². The third kappa shape index (κ3) is 3.75. The predicted molar refractivity (Wildman–Crippen MR) is 96.5 cm³/mol. The van der Waals surface area contributed by atoms with Crippen LogP contribution in [0.15, 0.2) is 65.8 Å². The normalized spacial score (nSPS) is 10.8. The van der Waals surface area contributed by atoms with E-state index in [0.29, 0.717) is 11.4 Å². The van der Waals surface area contributed by atoms with Crippen molar-refractivity contribution in [3.8, 4) is 5.69 Å². The molecular weight excluding hydrogens is 335 g/mol. The molecule has 2 aromatic heterocycles. The van der Waals surface area contributed by atoms with Crippen LogP contribution < -0.4 is 5.43 Å². The number of carbonyl (C=O) groups excluding carboxylic acids is 1. The molecule has 3 rings (SSSR count). The zero-order valence-electron chi connectivity index (χ0n) is 13.9. The van der Waals surface area contributed by atoms with Crippen molar-refractivity contribution in [2.75, 3.05) is 7.11 Å². The van der Waals surface area contributed by atoms with Crippen LogP contribution in [-0.4, -0.2) is 22.6 Å². The fourth-order valence-electron chi connectivity index (χ4n) is 2.42. The summed E-state index contributed by atoms with van der Waals surface area (Å²) in [5.41, 5.74) is 1.42. The minimum absolute atomic E-state index is 0.102. The molecule has 0 amide bonds. The SMILES string of the molecule is COC(=O)c1cn(-c2ccc(F)cc2)c(/C=C/c2cccnc2)cc1=O. The number of aromatic nitrogens is 2. The van der Waals surface area contributed by atoms with E-state index in [9.17, 15) is 14.0 Å². The van der Waals surface area contributed by atoms with Crippen molar-refractivity contribution in [1.29, 1.82) is 0 Å². The Hall–Kier alpha value is -3.54. The summed E-state index contributed by atoms with van der Waals surface area (Å²) in [5, 5.41) is 0. The average molecular weight is 350 g/mol. The lowest BCUT2D eigenvalue weighted by molar-refractivity contribution is 0.0598. The lowest BCUT2D eigenvalue weighted by Gasteiger charge is -2.12. The summed E-state index contributed by atoms with van der Waals surface area (Å²) >= 11 is 0. The first kappa shape index (κ1) is 17.3. The minimum Gasteiger partial charge on any atom is -0.465 e. The highest BCUT2D eigenvalue weighted by molar-refractivity contribution is 5.89. The van der Waals surface area contributed by atoms with Gasteiger partial charge in [-0.05, 0) is 42.0 Å². The summed E-state index contributed by atoms with van der Waals surface area (Å²) in [6, 6.07) is 10.7. The van der Waals surface area contributed by atoms with E-state index >= 15 is 0 Å². The second-order valence-electron chi connectivity index (χ2n) is 5.43. The van der Waals surface area contributed by atoms with Crippen LogP contribution in [0.1, 0.15) is 21.6 Å². The standard InChI is InChI=1S/C20H15FN2O3/c1-26-20(25)18-13-23(16-8-5-15(21)6-9-16)17(11-19(18)24)7-4-14-3-2-10-22-12-14/h2-13H,1H3/b7-4+. The van der Waals surface area contributed by atoms with Crippen molar-refractivity contribution < 1.29 is 13.9 Å². The van der Waals surface area contributed by atoms with E-state index in [4.69, 9.17) is 0 Å². The van der Waals surface area contributed by atoms with Gasteiger partial charge in [0.1, 0.15) is 11.4 Å². The lowest BCUT2D eigenvalue weighted by Crippen LogP contribution is -2.19. The molecule has 0 spiro atoms. The fraction of sp³-hybridized carbons (Fsp3) is 0.0500. The summed E-state index contributed by atoms with van der Waals surface area (Å²) in [7, 11) is 1.21. The number of rotatable bonds is 4. The Morgan fingerprint density at radius 1 is 1.19 bits per heavy atom. The molecule has 0 N–H and O–H groups in total. The van der Waals surface area contributed by atoms with E-state index in [0.717, 1.165) is 5.56 Å². The van der Waals surface area contributed by atoms with Gasteiger partial charge in [0.2, 0.25) is 0 Å². The van der Waals surface area contributed by atoms with Gasteiger partial charge >= 0.3 is 5.97 Å². The van der Waals surface area contributed by atoms with Crippen molar-refractivity contribution in [2.45, 2.75) is 0 Å². The Morgan fingerprint density at radius 3 is 2.62 bits per heavy atom. The monoisotopic (exact) mass is 350 g/mol. The predicted octanol–water partition coefficient (Wildman–Crippen LogP) is 3.33.